The number of aryl methyl sites for hydroxylation is 1. The van der Waals surface area contributed by atoms with Gasteiger partial charge in [-0.05, 0) is 42.9 Å². The molecule has 2 aromatic rings. The van der Waals surface area contributed by atoms with Gasteiger partial charge in [-0.2, -0.15) is 0 Å². The van der Waals surface area contributed by atoms with E-state index in [4.69, 9.17) is 5.73 Å². The van der Waals surface area contributed by atoms with Gasteiger partial charge in [0.1, 0.15) is 6.04 Å². The second-order valence-corrected chi connectivity index (χ2v) is 8.31. The van der Waals surface area contributed by atoms with Crippen molar-refractivity contribution in [1.29, 1.82) is 0 Å². The summed E-state index contributed by atoms with van der Waals surface area (Å²) in [4.78, 5) is 59.7. The summed E-state index contributed by atoms with van der Waals surface area (Å²) in [5, 5.41) is 5.34. The van der Waals surface area contributed by atoms with E-state index in [1.54, 1.807) is 24.4 Å². The molecule has 1 aromatic heterocycles. The Kier molecular flexibility index (Phi) is 4.93. The fraction of sp³-hybridized carbons (Fsp3) is 0.364. The third kappa shape index (κ3) is 3.42. The Hall–Kier alpha value is -3.66. The molecule has 0 spiro atoms. The van der Waals surface area contributed by atoms with Crippen LogP contribution in [0.1, 0.15) is 56.8 Å². The van der Waals surface area contributed by atoms with Gasteiger partial charge >= 0.3 is 0 Å². The summed E-state index contributed by atoms with van der Waals surface area (Å²) >= 11 is 0. The molecule has 0 saturated carbocycles. The number of imide groups is 2. The Bertz CT molecular complexity index is 1160. The number of hydrogen-bond donors (Lipinski definition) is 3. The van der Waals surface area contributed by atoms with E-state index in [0.717, 1.165) is 35.4 Å². The van der Waals surface area contributed by atoms with Crippen LogP contribution in [0, 0.1) is 0 Å². The molecule has 1 aliphatic carbocycles. The van der Waals surface area contributed by atoms with Crippen molar-refractivity contribution in [2.24, 2.45) is 5.73 Å². The highest BCUT2D eigenvalue weighted by Gasteiger charge is 2.45. The monoisotopic (exact) mass is 434 g/mol. The molecule has 2 atom stereocenters. The fourth-order valence-electron chi connectivity index (χ4n) is 4.53. The first-order valence-electron chi connectivity index (χ1n) is 10.6. The van der Waals surface area contributed by atoms with Gasteiger partial charge in [0.15, 0.2) is 0 Å². The van der Waals surface area contributed by atoms with Crippen molar-refractivity contribution < 1.29 is 19.2 Å². The van der Waals surface area contributed by atoms with Crippen LogP contribution in [0.3, 0.4) is 0 Å². The Morgan fingerprint density at radius 1 is 1.12 bits per heavy atom. The van der Waals surface area contributed by atoms with Crippen LogP contribution in [-0.2, 0) is 29.0 Å². The lowest BCUT2D eigenvalue weighted by molar-refractivity contribution is -0.136. The van der Waals surface area contributed by atoms with Crippen molar-refractivity contribution in [3.05, 3.63) is 52.3 Å². The van der Waals surface area contributed by atoms with Crippen molar-refractivity contribution >= 4 is 29.6 Å². The maximum Gasteiger partial charge on any atom is 0.262 e. The molecule has 4 amide bonds. The predicted octanol–water partition coefficient (Wildman–Crippen LogP) is 0.306. The number of nitrogens with one attached hydrogen (secondary N) is 2. The minimum absolute atomic E-state index is 0.0821. The van der Waals surface area contributed by atoms with Crippen molar-refractivity contribution in [3.63, 3.8) is 0 Å². The quantitative estimate of drug-likeness (QED) is 0.582. The number of hydrogen-bond acceptors (Lipinski definition) is 8. The van der Waals surface area contributed by atoms with Gasteiger partial charge in [0, 0.05) is 30.9 Å². The summed E-state index contributed by atoms with van der Waals surface area (Å²) in [6.45, 7) is 0.240. The number of anilines is 1. The molecule has 0 radical (unpaired) electrons. The molecular formula is C22H22N6O4. The molecule has 5 rings (SSSR count). The Labute approximate surface area is 183 Å². The van der Waals surface area contributed by atoms with Gasteiger partial charge in [0.25, 0.3) is 11.8 Å². The number of benzene rings is 1. The van der Waals surface area contributed by atoms with E-state index in [1.165, 1.54) is 0 Å². The lowest BCUT2D eigenvalue weighted by atomic mass is 9.94. The van der Waals surface area contributed by atoms with Gasteiger partial charge in [-0.25, -0.2) is 9.97 Å². The molecule has 0 bridgehead atoms. The molecule has 1 fully saturated rings. The first kappa shape index (κ1) is 20.3. The number of carbonyl (C=O) groups excluding carboxylic acids is 4. The molecule has 2 unspecified atom stereocenters. The molecule has 10 nitrogen and oxygen atoms in total. The van der Waals surface area contributed by atoms with Gasteiger partial charge in [0.05, 0.1) is 11.1 Å². The first-order chi connectivity index (χ1) is 15.4. The average molecular weight is 434 g/mol. The molecule has 3 aliphatic rings. The first-order valence-corrected chi connectivity index (χ1v) is 10.6. The highest BCUT2D eigenvalue weighted by atomic mass is 16.2. The number of fused-ring (bicyclic) bond motifs is 2. The number of carbonyl (C=O) groups is 4. The number of rotatable bonds is 4. The summed E-state index contributed by atoms with van der Waals surface area (Å²) in [6, 6.07) is 4.17. The van der Waals surface area contributed by atoms with E-state index in [0.29, 0.717) is 11.5 Å². The number of nitrogens with two attached hydrogens (primary N) is 1. The molecule has 164 valence electrons. The standard InChI is InChI=1S/C22H22N6O4/c23-13-4-5-15-12(8-13)10-25-22(26-15)24-9-11-2-1-3-14-18(11)21(32)28(20(14)31)16-6-7-17(29)27-19(16)30/h1-3,10,13,16H,4-9,23H2,(H,24,25,26)(H,27,29,30). The van der Waals surface area contributed by atoms with Gasteiger partial charge in [0.2, 0.25) is 17.8 Å². The average Bonchev–Trinajstić information content (AvgIpc) is 3.03. The second-order valence-electron chi connectivity index (χ2n) is 8.31. The van der Waals surface area contributed by atoms with Crippen LogP contribution in [0.4, 0.5) is 5.95 Å². The van der Waals surface area contributed by atoms with E-state index < -0.39 is 29.7 Å². The smallest absolute Gasteiger partial charge is 0.262 e. The highest BCUT2D eigenvalue weighted by Crippen LogP contribution is 2.30. The fourth-order valence-corrected chi connectivity index (χ4v) is 4.53. The molecule has 2 aliphatic heterocycles. The Morgan fingerprint density at radius 2 is 1.97 bits per heavy atom. The third-order valence-electron chi connectivity index (χ3n) is 6.18. The molecule has 1 aromatic carbocycles. The van der Waals surface area contributed by atoms with Gasteiger partial charge in [-0.15, -0.1) is 0 Å². The topological polar surface area (TPSA) is 147 Å². The third-order valence-corrected chi connectivity index (χ3v) is 6.18. The van der Waals surface area contributed by atoms with Crippen LogP contribution < -0.4 is 16.4 Å². The Balaban J connectivity index is 1.37. The van der Waals surface area contributed by atoms with E-state index in [1.807, 2.05) is 0 Å². The molecule has 32 heavy (non-hydrogen) atoms. The van der Waals surface area contributed by atoms with Crippen molar-refractivity contribution in [1.82, 2.24) is 20.2 Å². The SMILES string of the molecule is NC1CCc2nc(NCc3cccc4c3C(=O)N(C3CCC(=O)NC3=O)C4=O)ncc2C1. The maximum absolute atomic E-state index is 13.2. The van der Waals surface area contributed by atoms with Gasteiger partial charge in [-0.1, -0.05) is 12.1 Å². The molecule has 1 saturated heterocycles. The lowest BCUT2D eigenvalue weighted by Crippen LogP contribution is -2.54. The summed E-state index contributed by atoms with van der Waals surface area (Å²) in [7, 11) is 0. The van der Waals surface area contributed by atoms with Gasteiger partial charge in [-0.3, -0.25) is 29.4 Å². The van der Waals surface area contributed by atoms with Gasteiger partial charge < -0.3 is 11.1 Å². The van der Waals surface area contributed by atoms with Crippen molar-refractivity contribution in [3.8, 4) is 0 Å². The molecule has 3 heterocycles. The predicted molar refractivity (Wildman–Crippen MR) is 112 cm³/mol. The summed E-state index contributed by atoms with van der Waals surface area (Å²) < 4.78 is 0. The largest absolute Gasteiger partial charge is 0.350 e. The van der Waals surface area contributed by atoms with Crippen molar-refractivity contribution in [2.75, 3.05) is 5.32 Å². The second kappa shape index (κ2) is 7.79. The number of nitrogens with zero attached hydrogens (tertiary/aromatic N) is 3. The number of amides is 4. The summed E-state index contributed by atoms with van der Waals surface area (Å²) in [5.41, 5.74) is 9.15. The molecule has 10 heteroatoms. The summed E-state index contributed by atoms with van der Waals surface area (Å²) in [5.74, 6) is -1.65. The normalized spacial score (nSPS) is 22.5. The van der Waals surface area contributed by atoms with Crippen LogP contribution in [0.2, 0.25) is 0 Å². The Morgan fingerprint density at radius 3 is 2.78 bits per heavy atom. The molecular weight excluding hydrogens is 412 g/mol. The lowest BCUT2D eigenvalue weighted by Gasteiger charge is -2.27. The van der Waals surface area contributed by atoms with E-state index in [2.05, 4.69) is 20.6 Å². The minimum atomic E-state index is -0.990. The minimum Gasteiger partial charge on any atom is -0.350 e. The van der Waals surface area contributed by atoms with Crippen LogP contribution in [-0.4, -0.2) is 50.6 Å². The maximum atomic E-state index is 13.2. The van der Waals surface area contributed by atoms with Crippen molar-refractivity contribution in [2.45, 2.75) is 50.7 Å². The van der Waals surface area contributed by atoms with Crippen LogP contribution in [0.15, 0.2) is 24.4 Å². The van der Waals surface area contributed by atoms with E-state index >= 15 is 0 Å². The molecule has 4 N–H and O–H groups in total. The van der Waals surface area contributed by atoms with Crippen LogP contribution >= 0.6 is 0 Å². The zero-order valence-corrected chi connectivity index (χ0v) is 17.3. The zero-order chi connectivity index (χ0) is 22.4. The highest BCUT2D eigenvalue weighted by molar-refractivity contribution is 6.24. The van der Waals surface area contributed by atoms with E-state index in [-0.39, 0.29) is 36.6 Å². The zero-order valence-electron chi connectivity index (χ0n) is 17.3. The van der Waals surface area contributed by atoms with Crippen LogP contribution in [0.5, 0.6) is 0 Å². The number of aromatic nitrogens is 2. The van der Waals surface area contributed by atoms with Crippen LogP contribution in [0.25, 0.3) is 0 Å². The van der Waals surface area contributed by atoms with E-state index in [9.17, 15) is 19.2 Å². The number of piperidine rings is 1. The summed E-state index contributed by atoms with van der Waals surface area (Å²) in [6.07, 6.45) is 4.41.